The number of rotatable bonds is 12. The summed E-state index contributed by atoms with van der Waals surface area (Å²) in [6.45, 7) is 4.26. The molecule has 34 heavy (non-hydrogen) atoms. The van der Waals surface area contributed by atoms with Crippen LogP contribution in [-0.2, 0) is 11.3 Å². The van der Waals surface area contributed by atoms with Crippen molar-refractivity contribution in [3.05, 3.63) is 47.7 Å². The van der Waals surface area contributed by atoms with Crippen LogP contribution in [0.15, 0.2) is 36.5 Å². The highest BCUT2D eigenvalue weighted by Crippen LogP contribution is 2.33. The maximum Gasteiger partial charge on any atom is 0.344 e. The van der Waals surface area contributed by atoms with Crippen LogP contribution in [0.5, 0.6) is 11.5 Å². The molecule has 0 aliphatic rings. The van der Waals surface area contributed by atoms with Gasteiger partial charge in [-0.3, -0.25) is 4.98 Å². The van der Waals surface area contributed by atoms with E-state index in [1.807, 2.05) is 25.1 Å². The molecule has 0 saturated carbocycles. The summed E-state index contributed by atoms with van der Waals surface area (Å²) in [5.74, 6) is 1.16. The lowest BCUT2D eigenvalue weighted by Gasteiger charge is -2.22. The van der Waals surface area contributed by atoms with Gasteiger partial charge in [0.15, 0.2) is 0 Å². The highest BCUT2D eigenvalue weighted by atomic mass is 16.5. The monoisotopic (exact) mass is 468 g/mol. The predicted octanol–water partition coefficient (Wildman–Crippen LogP) is 4.01. The third-order valence-electron chi connectivity index (χ3n) is 5.37. The second-order valence-electron chi connectivity index (χ2n) is 7.65. The first-order valence-electron chi connectivity index (χ1n) is 11.3. The predicted molar refractivity (Wildman–Crippen MR) is 132 cm³/mol. The highest BCUT2D eigenvalue weighted by Gasteiger charge is 2.25. The maximum atomic E-state index is 13.1. The number of esters is 1. The number of nitrogens with one attached hydrogen (secondary N) is 2. The van der Waals surface area contributed by atoms with E-state index >= 15 is 0 Å². The number of nitrogens with zero attached hydrogens (tertiary/aromatic N) is 2. The second-order valence-corrected chi connectivity index (χ2v) is 7.65. The number of hydrogen-bond donors (Lipinski definition) is 3. The number of ether oxygens (including phenoxy) is 3. The van der Waals surface area contributed by atoms with Crippen molar-refractivity contribution in [3.63, 3.8) is 0 Å². The van der Waals surface area contributed by atoms with E-state index in [0.717, 1.165) is 18.4 Å². The number of hydrogen-bond acceptors (Lipinski definition) is 9. The van der Waals surface area contributed by atoms with Gasteiger partial charge in [-0.25, -0.2) is 9.78 Å². The van der Waals surface area contributed by atoms with E-state index in [4.69, 9.17) is 14.2 Å². The number of aliphatic hydroxyl groups is 1. The summed E-state index contributed by atoms with van der Waals surface area (Å²) in [6.07, 6.45) is 3.24. The Bertz CT molecular complexity index is 1120. The standard InChI is InChI=1S/C25H32N4O5/c1-5-8-17(15-30)28-23-21(25(31)34-6-2)24(29-19-9-7-12-26-22(19)23)27-14-16-10-11-18(32-3)13-20(16)33-4/h7,9-13,17,30H,5-6,8,14-15H2,1-4H3,(H2,27,28,29). The molecule has 3 rings (SSSR count). The lowest BCUT2D eigenvalue weighted by molar-refractivity contribution is 0.0528. The summed E-state index contributed by atoms with van der Waals surface area (Å²) in [5.41, 5.74) is 2.74. The first kappa shape index (κ1) is 25.0. The van der Waals surface area contributed by atoms with E-state index in [9.17, 15) is 9.90 Å². The molecule has 0 spiro atoms. The molecule has 0 amide bonds. The van der Waals surface area contributed by atoms with Gasteiger partial charge in [0.1, 0.15) is 28.4 Å². The smallest absolute Gasteiger partial charge is 0.344 e. The van der Waals surface area contributed by atoms with E-state index in [1.54, 1.807) is 39.5 Å². The van der Waals surface area contributed by atoms with Crippen molar-refractivity contribution in [3.8, 4) is 11.5 Å². The minimum absolute atomic E-state index is 0.0848. The van der Waals surface area contributed by atoms with Gasteiger partial charge < -0.3 is 30.0 Å². The van der Waals surface area contributed by atoms with Gasteiger partial charge in [-0.2, -0.15) is 0 Å². The Morgan fingerprint density at radius 1 is 1.18 bits per heavy atom. The Labute approximate surface area is 199 Å². The molecule has 9 nitrogen and oxygen atoms in total. The molecule has 1 unspecified atom stereocenters. The molecule has 0 aliphatic heterocycles. The normalized spacial score (nSPS) is 11.7. The molecular formula is C25H32N4O5. The second kappa shape index (κ2) is 12.0. The summed E-state index contributed by atoms with van der Waals surface area (Å²) in [5, 5.41) is 16.5. The minimum Gasteiger partial charge on any atom is -0.497 e. The maximum absolute atomic E-state index is 13.1. The summed E-state index contributed by atoms with van der Waals surface area (Å²) in [7, 11) is 3.19. The van der Waals surface area contributed by atoms with Crippen LogP contribution in [0.4, 0.5) is 11.5 Å². The third kappa shape index (κ3) is 5.66. The summed E-state index contributed by atoms with van der Waals surface area (Å²) in [4.78, 5) is 22.2. The number of fused-ring (bicyclic) bond motifs is 1. The van der Waals surface area contributed by atoms with Crippen molar-refractivity contribution >= 4 is 28.5 Å². The molecule has 2 heterocycles. The molecule has 9 heteroatoms. The van der Waals surface area contributed by atoms with Crippen LogP contribution in [0.2, 0.25) is 0 Å². The zero-order valence-electron chi connectivity index (χ0n) is 20.1. The van der Waals surface area contributed by atoms with Gasteiger partial charge in [0.25, 0.3) is 0 Å². The van der Waals surface area contributed by atoms with Crippen LogP contribution in [0.1, 0.15) is 42.6 Å². The number of aliphatic hydroxyl groups excluding tert-OH is 1. The summed E-state index contributed by atoms with van der Waals surface area (Å²) >= 11 is 0. The first-order valence-corrected chi connectivity index (χ1v) is 11.3. The fraction of sp³-hybridized carbons (Fsp3) is 0.400. The zero-order valence-corrected chi connectivity index (χ0v) is 20.1. The van der Waals surface area contributed by atoms with Gasteiger partial charge in [0.2, 0.25) is 0 Å². The molecule has 0 saturated heterocycles. The Morgan fingerprint density at radius 3 is 2.68 bits per heavy atom. The molecule has 3 N–H and O–H groups in total. The van der Waals surface area contributed by atoms with Crippen molar-refractivity contribution in [1.29, 1.82) is 0 Å². The van der Waals surface area contributed by atoms with Gasteiger partial charge in [0, 0.05) is 30.4 Å². The van der Waals surface area contributed by atoms with E-state index in [2.05, 4.69) is 20.6 Å². The van der Waals surface area contributed by atoms with E-state index < -0.39 is 5.97 Å². The summed E-state index contributed by atoms with van der Waals surface area (Å²) < 4.78 is 16.1. The number of pyridine rings is 2. The van der Waals surface area contributed by atoms with Crippen LogP contribution in [0.3, 0.4) is 0 Å². The molecule has 182 valence electrons. The molecule has 1 atom stereocenters. The fourth-order valence-electron chi connectivity index (χ4n) is 3.70. The average molecular weight is 469 g/mol. The van der Waals surface area contributed by atoms with Crippen molar-refractivity contribution in [1.82, 2.24) is 9.97 Å². The molecule has 0 fully saturated rings. The van der Waals surface area contributed by atoms with Gasteiger partial charge in [-0.05, 0) is 37.6 Å². The Balaban J connectivity index is 2.09. The number of methoxy groups -OCH3 is 2. The van der Waals surface area contributed by atoms with Crippen LogP contribution in [-0.4, -0.2) is 54.5 Å². The van der Waals surface area contributed by atoms with E-state index in [-0.39, 0.29) is 24.8 Å². The van der Waals surface area contributed by atoms with Crippen molar-refractivity contribution in [2.75, 3.05) is 38.1 Å². The molecule has 3 aromatic rings. The number of anilines is 2. The summed E-state index contributed by atoms with van der Waals surface area (Å²) in [6, 6.07) is 8.89. The average Bonchev–Trinajstić information content (AvgIpc) is 2.86. The SMILES string of the molecule is CCCC(CO)Nc1c(C(=O)OCC)c(NCc2ccc(OC)cc2OC)nc2cccnc12. The van der Waals surface area contributed by atoms with Crippen LogP contribution in [0.25, 0.3) is 11.0 Å². The lowest BCUT2D eigenvalue weighted by Crippen LogP contribution is -2.26. The first-order chi connectivity index (χ1) is 16.6. The van der Waals surface area contributed by atoms with Crippen LogP contribution >= 0.6 is 0 Å². The number of carbonyl (C=O) groups is 1. The van der Waals surface area contributed by atoms with Gasteiger partial charge in [-0.1, -0.05) is 13.3 Å². The fourth-order valence-corrected chi connectivity index (χ4v) is 3.70. The van der Waals surface area contributed by atoms with E-state index in [1.165, 1.54) is 0 Å². The molecule has 0 bridgehead atoms. The minimum atomic E-state index is -0.526. The topological polar surface area (TPSA) is 115 Å². The van der Waals surface area contributed by atoms with Crippen molar-refractivity contribution < 1.29 is 24.1 Å². The van der Waals surface area contributed by atoms with Crippen LogP contribution in [0, 0.1) is 0 Å². The third-order valence-corrected chi connectivity index (χ3v) is 5.37. The Morgan fingerprint density at radius 2 is 2.00 bits per heavy atom. The molecule has 0 radical (unpaired) electrons. The number of aromatic nitrogens is 2. The number of carbonyl (C=O) groups excluding carboxylic acids is 1. The zero-order chi connectivity index (χ0) is 24.5. The van der Waals surface area contributed by atoms with Crippen molar-refractivity contribution in [2.24, 2.45) is 0 Å². The van der Waals surface area contributed by atoms with Gasteiger partial charge in [-0.15, -0.1) is 0 Å². The van der Waals surface area contributed by atoms with Crippen molar-refractivity contribution in [2.45, 2.75) is 39.3 Å². The number of benzene rings is 1. The van der Waals surface area contributed by atoms with Crippen LogP contribution < -0.4 is 20.1 Å². The Hall–Kier alpha value is -3.59. The Kier molecular flexibility index (Phi) is 8.86. The molecule has 0 aliphatic carbocycles. The quantitative estimate of drug-likeness (QED) is 0.339. The van der Waals surface area contributed by atoms with E-state index in [0.29, 0.717) is 40.6 Å². The molecule has 1 aromatic carbocycles. The highest BCUT2D eigenvalue weighted by molar-refractivity contribution is 6.08. The molecule has 2 aromatic heterocycles. The lowest BCUT2D eigenvalue weighted by atomic mass is 10.1. The van der Waals surface area contributed by atoms with Gasteiger partial charge in [0.05, 0.1) is 38.6 Å². The largest absolute Gasteiger partial charge is 0.497 e. The molecular weight excluding hydrogens is 436 g/mol. The van der Waals surface area contributed by atoms with Gasteiger partial charge >= 0.3 is 5.97 Å².